The highest BCUT2D eigenvalue weighted by Crippen LogP contribution is 2.46. The van der Waals surface area contributed by atoms with Crippen molar-refractivity contribution in [1.82, 2.24) is 14.6 Å². The van der Waals surface area contributed by atoms with Gasteiger partial charge >= 0.3 is 0 Å². The third-order valence-electron chi connectivity index (χ3n) is 12.3. The Bertz CT molecular complexity index is 2720. The Hall–Kier alpha value is -5.54. The molecule has 0 bridgehead atoms. The number of pyridine rings is 1. The zero-order chi connectivity index (χ0) is 51.8. The highest BCUT2D eigenvalue weighted by molar-refractivity contribution is 7.81. The summed E-state index contributed by atoms with van der Waals surface area (Å²) in [6, 6.07) is 18.6. The second kappa shape index (κ2) is 26.8. The summed E-state index contributed by atoms with van der Waals surface area (Å²) in [5.74, 6) is 0.846. The lowest BCUT2D eigenvalue weighted by Gasteiger charge is -2.44. The van der Waals surface area contributed by atoms with Crippen LogP contribution in [0.5, 0.6) is 5.75 Å². The zero-order valence-electron chi connectivity index (χ0n) is 40.5. The number of ether oxygens (including phenoxy) is 1. The van der Waals surface area contributed by atoms with Crippen LogP contribution in [-0.4, -0.2) is 119 Å². The van der Waals surface area contributed by atoms with Crippen molar-refractivity contribution in [3.8, 4) is 16.2 Å². The lowest BCUT2D eigenvalue weighted by atomic mass is 9.88. The molecule has 4 atom stereocenters. The average molecular weight is 1050 g/mol. The smallest absolute Gasteiger partial charge is 0.259 e. The summed E-state index contributed by atoms with van der Waals surface area (Å²) in [5.41, 5.74) is 5.03. The van der Waals surface area contributed by atoms with Crippen LogP contribution in [0.3, 0.4) is 0 Å². The van der Waals surface area contributed by atoms with Crippen LogP contribution in [0.25, 0.3) is 21.2 Å². The summed E-state index contributed by atoms with van der Waals surface area (Å²) in [4.78, 5) is 71.9. The summed E-state index contributed by atoms with van der Waals surface area (Å²) in [5, 5.41) is 25.5. The second-order valence-corrected chi connectivity index (χ2v) is 20.4. The maximum atomic E-state index is 14.1. The largest absolute Gasteiger partial charge is 0.483 e. The molecular weight excluding hydrogens is 986 g/mol. The molecule has 7 rings (SSSR count). The highest BCUT2D eigenvalue weighted by atomic mass is 35.5. The molecule has 16 nitrogen and oxygen atoms in total. The monoisotopic (exact) mass is 1050 g/mol. The number of amides is 3. The van der Waals surface area contributed by atoms with E-state index in [2.05, 4.69) is 63.4 Å². The Morgan fingerprint density at radius 3 is 2.54 bits per heavy atom. The first-order valence-corrected chi connectivity index (χ1v) is 26.2. The average Bonchev–Trinajstić information content (AvgIpc) is 3.85. The van der Waals surface area contributed by atoms with Gasteiger partial charge in [-0.15, -0.1) is 11.3 Å². The van der Waals surface area contributed by atoms with Gasteiger partial charge in [-0.25, -0.2) is 18.5 Å². The van der Waals surface area contributed by atoms with Crippen molar-refractivity contribution in [2.24, 2.45) is 4.99 Å². The van der Waals surface area contributed by atoms with E-state index in [1.54, 1.807) is 12.3 Å². The van der Waals surface area contributed by atoms with E-state index in [0.717, 1.165) is 66.6 Å². The number of thiophene rings is 1. The van der Waals surface area contributed by atoms with Crippen LogP contribution >= 0.6 is 35.6 Å². The summed E-state index contributed by atoms with van der Waals surface area (Å²) in [6.07, 6.45) is 7.36. The van der Waals surface area contributed by atoms with Crippen LogP contribution in [0.15, 0.2) is 71.9 Å². The molecule has 4 heterocycles. The van der Waals surface area contributed by atoms with Gasteiger partial charge in [0.1, 0.15) is 22.5 Å². The molecular formula is C51H62ClN7O9S3. The van der Waals surface area contributed by atoms with Crippen molar-refractivity contribution >= 4 is 118 Å². The minimum absolute atomic E-state index is 0.0648. The van der Waals surface area contributed by atoms with Gasteiger partial charge in [-0.05, 0) is 117 Å². The Kier molecular flexibility index (Phi) is 21.3. The second-order valence-electron chi connectivity index (χ2n) is 17.1. The number of anilines is 3. The van der Waals surface area contributed by atoms with Crippen LogP contribution in [0, 0.1) is 0 Å². The number of aromatic nitrogens is 1. The number of carbonyl (C=O) groups excluding carboxylic acids is 5. The Labute approximate surface area is 431 Å². The zero-order valence-corrected chi connectivity index (χ0v) is 43.8. The minimum Gasteiger partial charge on any atom is -0.483 e. The summed E-state index contributed by atoms with van der Waals surface area (Å²) in [7, 11) is 0.636. The molecule has 5 N–H and O–H groups in total. The van der Waals surface area contributed by atoms with Crippen LogP contribution in [-0.2, 0) is 31.1 Å². The Morgan fingerprint density at radius 2 is 1.86 bits per heavy atom. The molecule has 71 heavy (non-hydrogen) atoms. The van der Waals surface area contributed by atoms with Gasteiger partial charge in [0.15, 0.2) is 24.1 Å². The fraction of sp³-hybridized carbons (Fsp3) is 0.392. The van der Waals surface area contributed by atoms with Gasteiger partial charge in [0.25, 0.3) is 5.91 Å². The van der Waals surface area contributed by atoms with E-state index in [1.807, 2.05) is 61.5 Å². The topological polar surface area (TPSA) is 220 Å². The van der Waals surface area contributed by atoms with Crippen molar-refractivity contribution in [3.63, 3.8) is 0 Å². The normalized spacial score (nSPS) is 16.0. The number of rotatable bonds is 23. The molecule has 5 aromatic rings. The number of nitrogens with zero attached hydrogens (tertiary/aromatic N) is 4. The van der Waals surface area contributed by atoms with Crippen molar-refractivity contribution in [3.05, 3.63) is 93.5 Å². The SMILES string of the molecule is C=Nc1ncc(CS(=O)N2CCC(Nc3cccc(-c4sc(C=O)c(OCC=O)c4Cl)c3)CC2(C)C)cc1NCCC(CCS)c1ccc2c3c(cccc13)C(=O)N2C(CCC)C(=O)NC=O.CO.CO. The van der Waals surface area contributed by atoms with E-state index in [1.165, 1.54) is 16.2 Å². The third-order valence-corrected chi connectivity index (χ3v) is 15.9. The molecule has 2 aliphatic heterocycles. The van der Waals surface area contributed by atoms with E-state index in [0.29, 0.717) is 89.6 Å². The van der Waals surface area contributed by atoms with E-state index < -0.39 is 28.5 Å². The number of aldehydes is 2. The molecule has 0 aliphatic carbocycles. The van der Waals surface area contributed by atoms with E-state index in [4.69, 9.17) is 26.6 Å². The maximum absolute atomic E-state index is 14.1. The number of aliphatic imine (C=N–C) groups is 1. The fourth-order valence-corrected chi connectivity index (χ4v) is 12.6. The standard InChI is InChI=1S/C49H54ClN7O7S3.2CH4O/c1-5-8-40(47(61)54-29-60)57-39-14-13-35(36-11-7-12-37(42(36)39)48(57)62)31(17-22-65)15-18-52-38-23-30(26-53-46(38)51-4)28-67(63)56-19-16-34(25-49(56,2)3)55-33-10-6-9-32(24-33)45-43(50)44(64-21-20-58)41(27-59)66-45;2*1-2/h6-7,9-14,20,23-24,26-27,29,31,34,40,52,55,65H,4-5,8,15-19,21-22,25,28H2,1-3H3,(H,54,60,61);2*2H,1H3. The molecule has 0 radical (unpaired) electrons. The summed E-state index contributed by atoms with van der Waals surface area (Å²) < 4.78 is 21.6. The molecule has 2 aliphatic rings. The number of hydrogen-bond acceptors (Lipinski definition) is 15. The van der Waals surface area contributed by atoms with E-state index >= 15 is 0 Å². The fourth-order valence-electron chi connectivity index (χ4n) is 9.34. The highest BCUT2D eigenvalue weighted by Gasteiger charge is 2.40. The van der Waals surface area contributed by atoms with Crippen molar-refractivity contribution < 1.29 is 43.1 Å². The number of carbonyl (C=O) groups is 5. The number of aliphatic hydroxyl groups excluding tert-OH is 2. The van der Waals surface area contributed by atoms with Gasteiger partial charge in [-0.3, -0.25) is 34.2 Å². The van der Waals surface area contributed by atoms with Crippen molar-refractivity contribution in [2.75, 3.05) is 55.2 Å². The molecule has 2 aromatic heterocycles. The lowest BCUT2D eigenvalue weighted by molar-refractivity contribution is -0.126. The van der Waals surface area contributed by atoms with Gasteiger partial charge in [0.05, 0.1) is 33.0 Å². The number of hydrogen-bond donors (Lipinski definition) is 6. The van der Waals surface area contributed by atoms with E-state index in [-0.39, 0.29) is 41.0 Å². The van der Waals surface area contributed by atoms with Crippen LogP contribution in [0.2, 0.25) is 5.02 Å². The molecule has 20 heteroatoms. The first-order chi connectivity index (χ1) is 34.4. The predicted molar refractivity (Wildman–Crippen MR) is 289 cm³/mol. The number of aliphatic hydroxyl groups is 2. The van der Waals surface area contributed by atoms with Crippen molar-refractivity contribution in [1.29, 1.82) is 0 Å². The predicted octanol–water partition coefficient (Wildman–Crippen LogP) is 8.38. The van der Waals surface area contributed by atoms with Gasteiger partial charge in [0, 0.05) is 61.7 Å². The Morgan fingerprint density at radius 1 is 1.10 bits per heavy atom. The Balaban J connectivity index is 0.00000228. The summed E-state index contributed by atoms with van der Waals surface area (Å²) in [6.45, 7) is 10.8. The van der Waals surface area contributed by atoms with Crippen LogP contribution < -0.4 is 25.6 Å². The number of benzene rings is 3. The van der Waals surface area contributed by atoms with Crippen LogP contribution in [0.1, 0.15) is 96.4 Å². The number of halogens is 1. The first-order valence-electron chi connectivity index (χ1n) is 23.1. The molecule has 0 saturated carbocycles. The lowest BCUT2D eigenvalue weighted by Crippen LogP contribution is -2.53. The molecule has 3 aromatic carbocycles. The molecule has 380 valence electrons. The number of piperidine rings is 1. The third kappa shape index (κ3) is 12.9. The minimum atomic E-state index is -1.36. The molecule has 1 saturated heterocycles. The molecule has 3 amide bonds. The summed E-state index contributed by atoms with van der Waals surface area (Å²) >= 11 is 12.4. The quantitative estimate of drug-likeness (QED) is 0.0207. The van der Waals surface area contributed by atoms with Gasteiger partial charge < -0.3 is 25.6 Å². The number of imide groups is 1. The molecule has 4 unspecified atom stereocenters. The number of thiol groups is 1. The van der Waals surface area contributed by atoms with E-state index in [9.17, 15) is 28.2 Å². The first kappa shape index (κ1) is 56.4. The maximum Gasteiger partial charge on any atom is 0.259 e. The van der Waals surface area contributed by atoms with Gasteiger partial charge in [0.2, 0.25) is 12.3 Å². The van der Waals surface area contributed by atoms with Crippen molar-refractivity contribution in [2.45, 2.75) is 88.6 Å². The molecule has 0 spiro atoms. The van der Waals surface area contributed by atoms with Gasteiger partial charge in [-0.1, -0.05) is 55.3 Å². The number of nitrogens with one attached hydrogen (secondary N) is 3. The van der Waals surface area contributed by atoms with Crippen LogP contribution in [0.4, 0.5) is 22.9 Å². The van der Waals surface area contributed by atoms with Gasteiger partial charge in [-0.2, -0.15) is 12.6 Å². The molecule has 1 fully saturated rings.